The molecule has 0 fully saturated rings. The maximum absolute atomic E-state index is 12.8. The van der Waals surface area contributed by atoms with Crippen LogP contribution in [0.3, 0.4) is 0 Å². The molecule has 144 valence electrons. The molecule has 0 bridgehead atoms. The van der Waals surface area contributed by atoms with Gasteiger partial charge in [0.25, 0.3) is 11.8 Å². The molecule has 1 aromatic carbocycles. The molecular weight excluding hydrogens is 376 g/mol. The van der Waals surface area contributed by atoms with Gasteiger partial charge in [0.1, 0.15) is 22.4 Å². The molecule has 2 amide bonds. The van der Waals surface area contributed by atoms with E-state index in [2.05, 4.69) is 17.6 Å². The Morgan fingerprint density at radius 2 is 2.00 bits per heavy atom. The normalized spacial score (nSPS) is 15.9. The number of fused-ring (bicyclic) bond motifs is 2. The third-order valence-corrected chi connectivity index (χ3v) is 6.29. The SMILES string of the molecule is CNC(=O)c1c(NC(=O)c2coc3ccccc3c2=O)sc2c1CC[C@@H](C)C2. The van der Waals surface area contributed by atoms with E-state index in [0.717, 1.165) is 29.7 Å². The summed E-state index contributed by atoms with van der Waals surface area (Å²) in [6.45, 7) is 2.18. The molecular formula is C21H20N2O4S. The predicted molar refractivity (Wildman–Crippen MR) is 109 cm³/mol. The molecule has 0 spiro atoms. The number of benzene rings is 1. The average Bonchev–Trinajstić information content (AvgIpc) is 3.04. The second-order valence-corrected chi connectivity index (χ2v) is 8.17. The molecule has 1 aliphatic rings. The van der Waals surface area contributed by atoms with Crippen molar-refractivity contribution in [1.82, 2.24) is 5.32 Å². The molecule has 0 saturated carbocycles. The summed E-state index contributed by atoms with van der Waals surface area (Å²) in [5.41, 5.74) is 1.46. The summed E-state index contributed by atoms with van der Waals surface area (Å²) in [5.74, 6) is -0.260. The zero-order valence-corrected chi connectivity index (χ0v) is 16.4. The van der Waals surface area contributed by atoms with E-state index in [-0.39, 0.29) is 11.5 Å². The van der Waals surface area contributed by atoms with Crippen molar-refractivity contribution in [2.24, 2.45) is 5.92 Å². The number of thiophene rings is 1. The minimum absolute atomic E-state index is 0.0821. The smallest absolute Gasteiger partial charge is 0.263 e. The van der Waals surface area contributed by atoms with Crippen molar-refractivity contribution in [3.63, 3.8) is 0 Å². The largest absolute Gasteiger partial charge is 0.463 e. The van der Waals surface area contributed by atoms with Crippen LogP contribution in [0.4, 0.5) is 5.00 Å². The summed E-state index contributed by atoms with van der Waals surface area (Å²) in [6, 6.07) is 6.78. The highest BCUT2D eigenvalue weighted by atomic mass is 32.1. The Kier molecular flexibility index (Phi) is 4.77. The van der Waals surface area contributed by atoms with Gasteiger partial charge in [-0.05, 0) is 42.9 Å². The number of carbonyl (C=O) groups excluding carboxylic acids is 2. The van der Waals surface area contributed by atoms with Crippen LogP contribution in [0.25, 0.3) is 11.0 Å². The number of anilines is 1. The molecule has 4 rings (SSSR count). The molecule has 1 atom stereocenters. The number of amides is 2. The van der Waals surface area contributed by atoms with Gasteiger partial charge >= 0.3 is 0 Å². The van der Waals surface area contributed by atoms with Crippen LogP contribution in [0.2, 0.25) is 0 Å². The van der Waals surface area contributed by atoms with E-state index in [1.165, 1.54) is 17.6 Å². The summed E-state index contributed by atoms with van der Waals surface area (Å²) < 4.78 is 5.44. The standard InChI is InChI=1S/C21H20N2O4S/c1-11-7-8-13-16(9-11)28-21(17(13)20(26)22-2)23-19(25)14-10-27-15-6-4-3-5-12(15)18(14)24/h3-6,10-11H,7-9H2,1-2H3,(H,22,26)(H,23,25)/t11-/m1/s1. The number of hydrogen-bond donors (Lipinski definition) is 2. The Labute approximate surface area is 165 Å². The lowest BCUT2D eigenvalue weighted by atomic mass is 9.88. The number of carbonyl (C=O) groups is 2. The quantitative estimate of drug-likeness (QED) is 0.708. The Hall–Kier alpha value is -2.93. The highest BCUT2D eigenvalue weighted by molar-refractivity contribution is 7.17. The van der Waals surface area contributed by atoms with E-state index >= 15 is 0 Å². The van der Waals surface area contributed by atoms with Gasteiger partial charge < -0.3 is 15.1 Å². The molecule has 2 aromatic heterocycles. The van der Waals surface area contributed by atoms with Gasteiger partial charge in [-0.15, -0.1) is 11.3 Å². The van der Waals surface area contributed by atoms with Crippen molar-refractivity contribution in [3.05, 3.63) is 62.3 Å². The molecule has 0 saturated heterocycles. The summed E-state index contributed by atoms with van der Waals surface area (Å²) in [6.07, 6.45) is 3.88. The Bertz CT molecular complexity index is 1150. The summed E-state index contributed by atoms with van der Waals surface area (Å²) >= 11 is 1.42. The van der Waals surface area contributed by atoms with E-state index in [4.69, 9.17) is 4.42 Å². The Balaban J connectivity index is 1.73. The average molecular weight is 396 g/mol. The van der Waals surface area contributed by atoms with Gasteiger partial charge in [0.2, 0.25) is 5.43 Å². The third-order valence-electron chi connectivity index (χ3n) is 5.12. The highest BCUT2D eigenvalue weighted by Crippen LogP contribution is 2.39. The molecule has 2 heterocycles. The van der Waals surface area contributed by atoms with Crippen LogP contribution in [0.1, 0.15) is 44.5 Å². The minimum atomic E-state index is -0.573. The van der Waals surface area contributed by atoms with Crippen LogP contribution in [0, 0.1) is 5.92 Å². The summed E-state index contributed by atoms with van der Waals surface area (Å²) in [5, 5.41) is 6.26. The second-order valence-electron chi connectivity index (χ2n) is 7.06. The van der Waals surface area contributed by atoms with Crippen molar-refractivity contribution in [1.29, 1.82) is 0 Å². The molecule has 2 N–H and O–H groups in total. The maximum atomic E-state index is 12.8. The maximum Gasteiger partial charge on any atom is 0.263 e. The third kappa shape index (κ3) is 3.11. The van der Waals surface area contributed by atoms with E-state index < -0.39 is 11.3 Å². The monoisotopic (exact) mass is 396 g/mol. The van der Waals surface area contributed by atoms with Gasteiger partial charge in [-0.1, -0.05) is 19.1 Å². The Morgan fingerprint density at radius 1 is 1.21 bits per heavy atom. The molecule has 1 aliphatic carbocycles. The molecule has 3 aromatic rings. The van der Waals surface area contributed by atoms with Crippen molar-refractivity contribution in [3.8, 4) is 0 Å². The van der Waals surface area contributed by atoms with E-state index in [9.17, 15) is 14.4 Å². The summed E-state index contributed by atoms with van der Waals surface area (Å²) in [7, 11) is 1.57. The van der Waals surface area contributed by atoms with Crippen molar-refractivity contribution in [2.75, 3.05) is 12.4 Å². The van der Waals surface area contributed by atoms with Gasteiger partial charge in [-0.2, -0.15) is 0 Å². The van der Waals surface area contributed by atoms with Crippen molar-refractivity contribution in [2.45, 2.75) is 26.2 Å². The van der Waals surface area contributed by atoms with Crippen LogP contribution in [-0.4, -0.2) is 18.9 Å². The summed E-state index contributed by atoms with van der Waals surface area (Å²) in [4.78, 5) is 39.1. The van der Waals surface area contributed by atoms with Crippen LogP contribution in [-0.2, 0) is 12.8 Å². The van der Waals surface area contributed by atoms with Gasteiger partial charge in [0.15, 0.2) is 0 Å². The fourth-order valence-electron chi connectivity index (χ4n) is 3.61. The second kappa shape index (κ2) is 7.24. The van der Waals surface area contributed by atoms with E-state index in [1.807, 2.05) is 0 Å². The topological polar surface area (TPSA) is 88.4 Å². The van der Waals surface area contributed by atoms with Crippen LogP contribution in [0.5, 0.6) is 0 Å². The number of nitrogens with one attached hydrogen (secondary N) is 2. The molecule has 7 heteroatoms. The van der Waals surface area contributed by atoms with Gasteiger partial charge in [0.05, 0.1) is 10.9 Å². The first-order valence-electron chi connectivity index (χ1n) is 9.18. The van der Waals surface area contributed by atoms with Crippen LogP contribution < -0.4 is 16.1 Å². The van der Waals surface area contributed by atoms with Crippen LogP contribution in [0.15, 0.2) is 39.7 Å². The molecule has 0 aliphatic heterocycles. The Morgan fingerprint density at radius 3 is 2.79 bits per heavy atom. The lowest BCUT2D eigenvalue weighted by molar-refractivity contribution is 0.0963. The number of rotatable bonds is 3. The lowest BCUT2D eigenvalue weighted by Crippen LogP contribution is -2.24. The van der Waals surface area contributed by atoms with Gasteiger partial charge in [-0.25, -0.2) is 0 Å². The van der Waals surface area contributed by atoms with Crippen molar-refractivity contribution < 1.29 is 14.0 Å². The fourth-order valence-corrected chi connectivity index (χ4v) is 5.01. The molecule has 28 heavy (non-hydrogen) atoms. The first-order chi connectivity index (χ1) is 13.5. The van der Waals surface area contributed by atoms with Gasteiger partial charge in [-0.3, -0.25) is 14.4 Å². The van der Waals surface area contributed by atoms with Gasteiger partial charge in [0, 0.05) is 11.9 Å². The van der Waals surface area contributed by atoms with Crippen molar-refractivity contribution >= 4 is 39.1 Å². The zero-order valence-electron chi connectivity index (χ0n) is 15.6. The van der Waals surface area contributed by atoms with E-state index in [1.54, 1.807) is 31.3 Å². The highest BCUT2D eigenvalue weighted by Gasteiger charge is 2.28. The van der Waals surface area contributed by atoms with Crippen LogP contribution >= 0.6 is 11.3 Å². The molecule has 6 nitrogen and oxygen atoms in total. The molecule has 0 radical (unpaired) electrons. The number of para-hydroxylation sites is 1. The predicted octanol–water partition coefficient (Wildman–Crippen LogP) is 3.59. The zero-order chi connectivity index (χ0) is 19.8. The minimum Gasteiger partial charge on any atom is -0.463 e. The first-order valence-corrected chi connectivity index (χ1v) is 9.99. The fraction of sp³-hybridized carbons (Fsp3) is 0.286. The van der Waals surface area contributed by atoms with E-state index in [0.29, 0.717) is 27.5 Å². The number of hydrogen-bond acceptors (Lipinski definition) is 5. The molecule has 0 unspecified atom stereocenters. The first kappa shape index (κ1) is 18.4. The lowest BCUT2D eigenvalue weighted by Gasteiger charge is -2.18.